The molecule has 2 atom stereocenters. The van der Waals surface area contributed by atoms with Crippen molar-refractivity contribution < 1.29 is 24.5 Å². The number of carbonyl (C=O) groups excluding carboxylic acids is 2. The normalized spacial score (nSPS) is 12.6. The van der Waals surface area contributed by atoms with Crippen LogP contribution in [0.5, 0.6) is 0 Å². The molecule has 0 fully saturated rings. The van der Waals surface area contributed by atoms with Gasteiger partial charge in [0.1, 0.15) is 0 Å². The molecule has 84 heavy (non-hydrogen) atoms. The second-order valence-corrected chi connectivity index (χ2v) is 26.7. The number of rotatable bonds is 73. The molecular formula is C78H151NO5. The summed E-state index contributed by atoms with van der Waals surface area (Å²) in [5.41, 5.74) is 0. The number of aliphatic hydroxyl groups is 2. The van der Waals surface area contributed by atoms with Crippen LogP contribution in [0.25, 0.3) is 0 Å². The molecule has 0 aromatic rings. The fourth-order valence-electron chi connectivity index (χ4n) is 12.3. The number of amides is 1. The van der Waals surface area contributed by atoms with Crippen molar-refractivity contribution >= 4 is 11.9 Å². The van der Waals surface area contributed by atoms with Gasteiger partial charge in [0.25, 0.3) is 0 Å². The molecule has 2 unspecified atom stereocenters. The lowest BCUT2D eigenvalue weighted by molar-refractivity contribution is -0.143. The number of hydrogen-bond acceptors (Lipinski definition) is 5. The van der Waals surface area contributed by atoms with Crippen LogP contribution in [0, 0.1) is 0 Å². The molecule has 0 spiro atoms. The van der Waals surface area contributed by atoms with Gasteiger partial charge in [-0.15, -0.1) is 0 Å². The maximum atomic E-state index is 12.5. The van der Waals surface area contributed by atoms with Gasteiger partial charge in [0, 0.05) is 12.8 Å². The quantitative estimate of drug-likeness (QED) is 0.0320. The van der Waals surface area contributed by atoms with Gasteiger partial charge in [-0.25, -0.2) is 0 Å². The van der Waals surface area contributed by atoms with Crippen LogP contribution >= 0.6 is 0 Å². The van der Waals surface area contributed by atoms with Crippen molar-refractivity contribution in [1.82, 2.24) is 5.32 Å². The molecule has 0 saturated carbocycles. The second kappa shape index (κ2) is 73.8. The van der Waals surface area contributed by atoms with Crippen LogP contribution in [-0.4, -0.2) is 47.4 Å². The van der Waals surface area contributed by atoms with E-state index in [0.717, 1.165) is 38.5 Å². The van der Waals surface area contributed by atoms with E-state index in [4.69, 9.17) is 4.74 Å². The van der Waals surface area contributed by atoms with Crippen molar-refractivity contribution in [3.63, 3.8) is 0 Å². The Morgan fingerprint density at radius 2 is 0.560 bits per heavy atom. The number of carbonyl (C=O) groups is 2. The number of esters is 1. The van der Waals surface area contributed by atoms with Gasteiger partial charge in [-0.05, 0) is 57.8 Å². The number of unbranched alkanes of at least 4 members (excludes halogenated alkanes) is 60. The van der Waals surface area contributed by atoms with Gasteiger partial charge in [-0.1, -0.05) is 391 Å². The molecule has 1 amide bonds. The average molecular weight is 1180 g/mol. The zero-order valence-corrected chi connectivity index (χ0v) is 57.2. The lowest BCUT2D eigenvalue weighted by atomic mass is 10.0. The van der Waals surface area contributed by atoms with Crippen LogP contribution in [0.3, 0.4) is 0 Å². The minimum atomic E-state index is -0.845. The molecule has 0 radical (unpaired) electrons. The van der Waals surface area contributed by atoms with Gasteiger partial charge in [0.05, 0.1) is 25.4 Å². The summed E-state index contributed by atoms with van der Waals surface area (Å²) in [5.74, 6) is -0.0445. The van der Waals surface area contributed by atoms with Gasteiger partial charge >= 0.3 is 5.97 Å². The molecule has 6 nitrogen and oxygen atoms in total. The van der Waals surface area contributed by atoms with E-state index in [-0.39, 0.29) is 18.5 Å². The maximum Gasteiger partial charge on any atom is 0.305 e. The molecule has 498 valence electrons. The molecule has 0 aliphatic heterocycles. The smallest absolute Gasteiger partial charge is 0.305 e. The Balaban J connectivity index is 3.37. The molecule has 0 saturated heterocycles. The van der Waals surface area contributed by atoms with E-state index in [9.17, 15) is 19.8 Å². The summed E-state index contributed by atoms with van der Waals surface area (Å²) in [4.78, 5) is 24.7. The first-order valence-electron chi connectivity index (χ1n) is 38.6. The Morgan fingerprint density at radius 1 is 0.321 bits per heavy atom. The summed E-state index contributed by atoms with van der Waals surface area (Å²) in [5, 5.41) is 23.3. The first-order chi connectivity index (χ1) is 41.5. The highest BCUT2D eigenvalue weighted by Gasteiger charge is 2.18. The highest BCUT2D eigenvalue weighted by molar-refractivity contribution is 5.76. The number of allylic oxidation sites excluding steroid dienone is 3. The van der Waals surface area contributed by atoms with Gasteiger partial charge < -0.3 is 20.3 Å². The molecule has 0 heterocycles. The molecule has 0 rings (SSSR count). The van der Waals surface area contributed by atoms with Crippen molar-refractivity contribution in [3.8, 4) is 0 Å². The lowest BCUT2D eigenvalue weighted by Gasteiger charge is -2.20. The summed E-state index contributed by atoms with van der Waals surface area (Å²) in [7, 11) is 0. The fraction of sp³-hybridized carbons (Fsp3) is 0.923. The zero-order chi connectivity index (χ0) is 60.6. The van der Waals surface area contributed by atoms with Crippen LogP contribution in [0.15, 0.2) is 24.3 Å². The highest BCUT2D eigenvalue weighted by Crippen LogP contribution is 2.20. The van der Waals surface area contributed by atoms with Crippen LogP contribution in [0.4, 0.5) is 0 Å². The molecule has 0 aliphatic carbocycles. The fourth-order valence-corrected chi connectivity index (χ4v) is 12.3. The lowest BCUT2D eigenvalue weighted by Crippen LogP contribution is -2.45. The standard InChI is InChI=1S/C78H151NO5/c1-3-5-7-9-11-13-15-17-19-21-23-24-28-31-35-38-42-46-50-54-58-62-66-70-76(81)75(74-80)79-77(82)71-67-63-59-55-51-47-43-39-36-32-29-26-25-27-30-33-37-41-45-49-53-57-61-65-69-73-84-78(83)72-68-64-60-56-52-48-44-40-34-22-20-18-16-14-12-10-8-6-4-2/h18,20,66,70,75-76,80-81H,3-17,19,21-65,67-69,71-74H2,1-2H3,(H,79,82)/b20-18-,70-66+. The molecule has 0 aromatic heterocycles. The van der Waals surface area contributed by atoms with Crippen molar-refractivity contribution in [1.29, 1.82) is 0 Å². The van der Waals surface area contributed by atoms with Gasteiger partial charge in [0.15, 0.2) is 0 Å². The zero-order valence-electron chi connectivity index (χ0n) is 57.2. The predicted octanol–water partition coefficient (Wildman–Crippen LogP) is 25.3. The van der Waals surface area contributed by atoms with Crippen molar-refractivity contribution in [2.75, 3.05) is 13.2 Å². The Kier molecular flexibility index (Phi) is 72.3. The molecule has 3 N–H and O–H groups in total. The third-order valence-corrected chi connectivity index (χ3v) is 18.2. The topological polar surface area (TPSA) is 95.9 Å². The van der Waals surface area contributed by atoms with E-state index >= 15 is 0 Å². The largest absolute Gasteiger partial charge is 0.466 e. The Labute approximate surface area is 526 Å². The molecule has 0 aliphatic rings. The van der Waals surface area contributed by atoms with Gasteiger partial charge in [0.2, 0.25) is 5.91 Å². The average Bonchev–Trinajstić information content (AvgIpc) is 3.51. The third-order valence-electron chi connectivity index (χ3n) is 18.2. The summed E-state index contributed by atoms with van der Waals surface area (Å²) < 4.78 is 5.52. The van der Waals surface area contributed by atoms with Crippen molar-refractivity contribution in [2.45, 2.75) is 450 Å². The number of ether oxygens (including phenoxy) is 1. The van der Waals surface area contributed by atoms with Gasteiger partial charge in [-0.2, -0.15) is 0 Å². The van der Waals surface area contributed by atoms with Crippen LogP contribution in [0.2, 0.25) is 0 Å². The predicted molar refractivity (Wildman–Crippen MR) is 370 cm³/mol. The van der Waals surface area contributed by atoms with E-state index in [0.29, 0.717) is 19.4 Å². The highest BCUT2D eigenvalue weighted by atomic mass is 16.5. The first-order valence-corrected chi connectivity index (χ1v) is 38.6. The van der Waals surface area contributed by atoms with Crippen LogP contribution < -0.4 is 5.32 Å². The molecule has 0 bridgehead atoms. The van der Waals surface area contributed by atoms with Gasteiger partial charge in [-0.3, -0.25) is 9.59 Å². The molecule has 6 heteroatoms. The van der Waals surface area contributed by atoms with E-state index in [2.05, 4.69) is 31.3 Å². The van der Waals surface area contributed by atoms with Crippen LogP contribution in [-0.2, 0) is 14.3 Å². The summed E-state index contributed by atoms with van der Waals surface area (Å²) in [6.45, 7) is 4.95. The Morgan fingerprint density at radius 3 is 0.845 bits per heavy atom. The van der Waals surface area contributed by atoms with Crippen molar-refractivity contribution in [3.05, 3.63) is 24.3 Å². The monoisotopic (exact) mass is 1180 g/mol. The van der Waals surface area contributed by atoms with Crippen LogP contribution in [0.1, 0.15) is 438 Å². The number of aliphatic hydroxyl groups excluding tert-OH is 2. The second-order valence-electron chi connectivity index (χ2n) is 26.7. The Hall–Kier alpha value is -1.66. The minimum Gasteiger partial charge on any atom is -0.466 e. The molecular weight excluding hydrogens is 1030 g/mol. The Bertz CT molecular complexity index is 1320. The summed E-state index contributed by atoms with van der Waals surface area (Å²) in [6.07, 6.45) is 94.2. The summed E-state index contributed by atoms with van der Waals surface area (Å²) >= 11 is 0. The van der Waals surface area contributed by atoms with E-state index in [1.807, 2.05) is 6.08 Å². The van der Waals surface area contributed by atoms with Crippen molar-refractivity contribution in [2.24, 2.45) is 0 Å². The maximum absolute atomic E-state index is 12.5. The van der Waals surface area contributed by atoms with E-state index < -0.39 is 12.1 Å². The van der Waals surface area contributed by atoms with E-state index in [1.54, 1.807) is 6.08 Å². The van der Waals surface area contributed by atoms with E-state index in [1.165, 1.54) is 372 Å². The third kappa shape index (κ3) is 69.4. The summed E-state index contributed by atoms with van der Waals surface area (Å²) in [6, 6.07) is -0.628. The minimum absolute atomic E-state index is 0.0167. The number of hydrogen-bond donors (Lipinski definition) is 3. The SMILES string of the molecule is CCCCCCCC/C=C\CCCCCCCCCCCC(=O)OCCCCCCCCCCCCCCCCCCCCCCCCCCCC(=O)NC(CO)C(O)/C=C/CCCCCCCCCCCCCCCCCCCCCCC. The number of nitrogens with one attached hydrogen (secondary N) is 1. The molecule has 0 aromatic carbocycles. The first kappa shape index (κ1) is 82.3.